The summed E-state index contributed by atoms with van der Waals surface area (Å²) in [6.45, 7) is 2.19. The predicted molar refractivity (Wildman–Crippen MR) is 91.8 cm³/mol. The van der Waals surface area contributed by atoms with Gasteiger partial charge in [-0.05, 0) is 24.6 Å². The fraction of sp³-hybridized carbons (Fsp3) is 0.400. The molecule has 2 amide bonds. The molecule has 0 aliphatic rings. The summed E-state index contributed by atoms with van der Waals surface area (Å²) in [5.41, 5.74) is 0.634. The van der Waals surface area contributed by atoms with Crippen molar-refractivity contribution in [2.45, 2.75) is 39.0 Å². The third-order valence-corrected chi connectivity index (χ3v) is 4.15. The largest absolute Gasteiger partial charge is 0.325 e. The van der Waals surface area contributed by atoms with Crippen molar-refractivity contribution in [3.05, 3.63) is 34.3 Å². The fourth-order valence-electron chi connectivity index (χ4n) is 1.93. The van der Waals surface area contributed by atoms with Crippen molar-refractivity contribution in [3.8, 4) is 0 Å². The van der Waals surface area contributed by atoms with E-state index in [4.69, 9.17) is 11.6 Å². The highest BCUT2D eigenvalue weighted by Crippen LogP contribution is 2.19. The highest BCUT2D eigenvalue weighted by molar-refractivity contribution is 7.15. The van der Waals surface area contributed by atoms with E-state index >= 15 is 0 Å². The Kier molecular flexibility index (Phi) is 6.61. The molecule has 22 heavy (non-hydrogen) atoms. The topological polar surface area (TPSA) is 66.9 Å². The molecule has 5 nitrogen and oxygen atoms in total. The molecular weight excluding hydrogens is 320 g/mol. The number of rotatable bonds is 7. The number of hydrogen-bond donors (Lipinski definition) is 2. The number of nitrogens with zero attached hydrogens (tertiary/aromatic N) is 2. The summed E-state index contributed by atoms with van der Waals surface area (Å²) < 4.78 is 0. The zero-order chi connectivity index (χ0) is 15.8. The number of unbranched alkanes of at least 4 members (excludes halogenated alkanes) is 3. The van der Waals surface area contributed by atoms with Gasteiger partial charge in [-0.2, -0.15) is 0 Å². The highest BCUT2D eigenvalue weighted by atomic mass is 35.5. The van der Waals surface area contributed by atoms with Crippen LogP contribution < -0.4 is 10.6 Å². The SMILES string of the molecule is CCCCCCc1nnc(NC(=O)Nc2cccc(Cl)c2)s1. The van der Waals surface area contributed by atoms with Gasteiger partial charge in [-0.25, -0.2) is 4.79 Å². The van der Waals surface area contributed by atoms with Crippen LogP contribution in [-0.4, -0.2) is 16.2 Å². The molecule has 2 N–H and O–H groups in total. The van der Waals surface area contributed by atoms with Gasteiger partial charge in [0.2, 0.25) is 5.13 Å². The Bertz CT molecular complexity index is 617. The number of amides is 2. The minimum Gasteiger partial charge on any atom is -0.308 e. The molecule has 0 atom stereocenters. The number of aromatic nitrogens is 2. The summed E-state index contributed by atoms with van der Waals surface area (Å²) in [5.74, 6) is 0. The molecule has 0 unspecified atom stereocenters. The van der Waals surface area contributed by atoms with E-state index in [2.05, 4.69) is 27.8 Å². The zero-order valence-electron chi connectivity index (χ0n) is 12.4. The fourth-order valence-corrected chi connectivity index (χ4v) is 2.90. The molecule has 0 fully saturated rings. The van der Waals surface area contributed by atoms with Gasteiger partial charge in [-0.3, -0.25) is 5.32 Å². The lowest BCUT2D eigenvalue weighted by Crippen LogP contribution is -2.19. The quantitative estimate of drug-likeness (QED) is 0.701. The molecule has 0 saturated heterocycles. The van der Waals surface area contributed by atoms with E-state index in [-0.39, 0.29) is 6.03 Å². The summed E-state index contributed by atoms with van der Waals surface area (Å²) >= 11 is 7.28. The van der Waals surface area contributed by atoms with Crippen molar-refractivity contribution < 1.29 is 4.79 Å². The number of halogens is 1. The molecule has 7 heteroatoms. The van der Waals surface area contributed by atoms with Gasteiger partial charge in [0.1, 0.15) is 5.01 Å². The van der Waals surface area contributed by atoms with Crippen LogP contribution in [-0.2, 0) is 6.42 Å². The maximum Gasteiger partial charge on any atom is 0.325 e. The van der Waals surface area contributed by atoms with Crippen molar-refractivity contribution >= 4 is 39.8 Å². The number of hydrogen-bond acceptors (Lipinski definition) is 4. The standard InChI is InChI=1S/C15H19ClN4OS/c1-2-3-4-5-9-13-19-20-15(22-13)18-14(21)17-12-8-6-7-11(16)10-12/h6-8,10H,2-5,9H2,1H3,(H2,17,18,20,21). The van der Waals surface area contributed by atoms with Crippen molar-refractivity contribution in [3.63, 3.8) is 0 Å². The lowest BCUT2D eigenvalue weighted by molar-refractivity contribution is 0.262. The van der Waals surface area contributed by atoms with Crippen molar-refractivity contribution in [1.29, 1.82) is 0 Å². The first kappa shape index (κ1) is 16.7. The van der Waals surface area contributed by atoms with E-state index in [1.807, 2.05) is 0 Å². The van der Waals surface area contributed by atoms with Gasteiger partial charge < -0.3 is 5.32 Å². The minimum atomic E-state index is -0.351. The zero-order valence-corrected chi connectivity index (χ0v) is 14.0. The number of aryl methyl sites for hydroxylation is 1. The van der Waals surface area contributed by atoms with E-state index in [9.17, 15) is 4.79 Å². The summed E-state index contributed by atoms with van der Waals surface area (Å²) in [7, 11) is 0. The van der Waals surface area contributed by atoms with Crippen LogP contribution in [0.4, 0.5) is 15.6 Å². The summed E-state index contributed by atoms with van der Waals surface area (Å²) in [6, 6.07) is 6.62. The first-order valence-corrected chi connectivity index (χ1v) is 8.53. The molecule has 1 aromatic carbocycles. The summed E-state index contributed by atoms with van der Waals surface area (Å²) in [4.78, 5) is 11.9. The molecule has 0 aliphatic heterocycles. The molecular formula is C15H19ClN4OS. The minimum absolute atomic E-state index is 0.351. The number of benzene rings is 1. The second-order valence-corrected chi connectivity index (χ2v) is 6.40. The molecule has 0 saturated carbocycles. The van der Waals surface area contributed by atoms with Crippen LogP contribution in [0.5, 0.6) is 0 Å². The van der Waals surface area contributed by atoms with E-state index in [0.29, 0.717) is 15.8 Å². The molecule has 118 valence electrons. The molecule has 0 bridgehead atoms. The molecule has 2 aromatic rings. The Labute approximate surface area is 139 Å². The molecule has 0 aliphatic carbocycles. The van der Waals surface area contributed by atoms with Crippen molar-refractivity contribution in [2.75, 3.05) is 10.6 Å². The summed E-state index contributed by atoms with van der Waals surface area (Å²) in [6.07, 6.45) is 5.68. The maximum absolute atomic E-state index is 11.9. The van der Waals surface area contributed by atoms with Crippen molar-refractivity contribution in [2.24, 2.45) is 0 Å². The average Bonchev–Trinajstić information content (AvgIpc) is 2.91. The molecule has 2 rings (SSSR count). The van der Waals surface area contributed by atoms with Crippen molar-refractivity contribution in [1.82, 2.24) is 10.2 Å². The Hall–Kier alpha value is -1.66. The van der Waals surface area contributed by atoms with E-state index in [1.54, 1.807) is 24.3 Å². The van der Waals surface area contributed by atoms with Gasteiger partial charge in [0.15, 0.2) is 0 Å². The van der Waals surface area contributed by atoms with Gasteiger partial charge >= 0.3 is 6.03 Å². The number of carbonyl (C=O) groups is 1. The predicted octanol–water partition coefficient (Wildman–Crippen LogP) is 4.96. The van der Waals surface area contributed by atoms with Crippen LogP contribution in [0.2, 0.25) is 5.02 Å². The van der Waals surface area contributed by atoms with Gasteiger partial charge in [0.25, 0.3) is 0 Å². The molecule has 0 spiro atoms. The average molecular weight is 339 g/mol. The van der Waals surface area contributed by atoms with Crippen LogP contribution in [0, 0.1) is 0 Å². The van der Waals surface area contributed by atoms with E-state index in [1.165, 1.54) is 30.6 Å². The Morgan fingerprint density at radius 1 is 1.23 bits per heavy atom. The van der Waals surface area contributed by atoms with Gasteiger partial charge in [-0.1, -0.05) is 55.2 Å². The van der Waals surface area contributed by atoms with Gasteiger partial charge in [-0.15, -0.1) is 10.2 Å². The first-order valence-electron chi connectivity index (χ1n) is 7.33. The second-order valence-electron chi connectivity index (χ2n) is 4.90. The van der Waals surface area contributed by atoms with Gasteiger partial charge in [0.05, 0.1) is 0 Å². The smallest absolute Gasteiger partial charge is 0.308 e. The lowest BCUT2D eigenvalue weighted by atomic mass is 10.2. The summed E-state index contributed by atoms with van der Waals surface area (Å²) in [5, 5.41) is 15.5. The number of urea groups is 1. The maximum atomic E-state index is 11.9. The molecule has 1 aromatic heterocycles. The second kappa shape index (κ2) is 8.70. The van der Waals surface area contributed by atoms with Crippen LogP contribution in [0.15, 0.2) is 24.3 Å². The first-order chi connectivity index (χ1) is 10.7. The number of carbonyl (C=O) groups excluding carboxylic acids is 1. The number of nitrogens with one attached hydrogen (secondary N) is 2. The lowest BCUT2D eigenvalue weighted by Gasteiger charge is -2.04. The third-order valence-electron chi connectivity index (χ3n) is 3.01. The monoisotopic (exact) mass is 338 g/mol. The van der Waals surface area contributed by atoms with Crippen LogP contribution in [0.25, 0.3) is 0 Å². The number of anilines is 2. The normalized spacial score (nSPS) is 10.5. The molecule has 1 heterocycles. The van der Waals surface area contributed by atoms with E-state index < -0.39 is 0 Å². The third kappa shape index (κ3) is 5.61. The van der Waals surface area contributed by atoms with Crippen LogP contribution >= 0.6 is 22.9 Å². The Morgan fingerprint density at radius 2 is 2.09 bits per heavy atom. The Balaban J connectivity index is 1.80. The Morgan fingerprint density at radius 3 is 2.86 bits per heavy atom. The highest BCUT2D eigenvalue weighted by Gasteiger charge is 2.08. The van der Waals surface area contributed by atoms with Crippen LogP contribution in [0.3, 0.4) is 0 Å². The van der Waals surface area contributed by atoms with Crippen LogP contribution in [0.1, 0.15) is 37.6 Å². The molecule has 0 radical (unpaired) electrons. The van der Waals surface area contributed by atoms with E-state index in [0.717, 1.165) is 17.8 Å². The van der Waals surface area contributed by atoms with Gasteiger partial charge in [0, 0.05) is 17.1 Å².